The van der Waals surface area contributed by atoms with Crippen molar-refractivity contribution in [1.29, 1.82) is 0 Å². The molecule has 0 saturated carbocycles. The van der Waals surface area contributed by atoms with Crippen molar-refractivity contribution in [2.45, 2.75) is 13.3 Å². The van der Waals surface area contributed by atoms with E-state index in [1.54, 1.807) is 17.7 Å². The Morgan fingerprint density at radius 1 is 1.28 bits per heavy atom. The monoisotopic (exact) mass is 326 g/mol. The Morgan fingerprint density at radius 2 is 2.06 bits per heavy atom. The Bertz CT molecular complexity index is 487. The zero-order valence-electron chi connectivity index (χ0n) is 10.1. The minimum Gasteiger partial charge on any atom is -0.369 e. The summed E-state index contributed by atoms with van der Waals surface area (Å²) in [6.07, 6.45) is 2.56. The first-order chi connectivity index (χ1) is 8.81. The Kier molecular flexibility index (Phi) is 4.95. The topological polar surface area (TPSA) is 49.8 Å². The smallest absolute Gasteiger partial charge is 0.145 e. The molecule has 0 aromatic carbocycles. The molecule has 2 rings (SSSR count). The molecule has 0 radical (unpaired) electrons. The van der Waals surface area contributed by atoms with Crippen LogP contribution in [0.5, 0.6) is 0 Å². The van der Waals surface area contributed by atoms with Gasteiger partial charge in [-0.3, -0.25) is 0 Å². The van der Waals surface area contributed by atoms with E-state index in [-0.39, 0.29) is 0 Å². The van der Waals surface area contributed by atoms with E-state index in [2.05, 4.69) is 53.4 Å². The number of halogens is 1. The SMILES string of the molecule is CCNc1ncnc(NCCc2ccsc2)c1Br. The molecule has 0 atom stereocenters. The number of aromatic nitrogens is 2. The maximum atomic E-state index is 4.23. The highest BCUT2D eigenvalue weighted by atomic mass is 79.9. The molecule has 2 aromatic heterocycles. The van der Waals surface area contributed by atoms with Gasteiger partial charge in [0.15, 0.2) is 0 Å². The first-order valence-corrected chi connectivity index (χ1v) is 7.54. The molecule has 2 N–H and O–H groups in total. The summed E-state index contributed by atoms with van der Waals surface area (Å²) in [7, 11) is 0. The number of hydrogen-bond donors (Lipinski definition) is 2. The lowest BCUT2D eigenvalue weighted by molar-refractivity contribution is 0.998. The van der Waals surface area contributed by atoms with Gasteiger partial charge in [-0.25, -0.2) is 9.97 Å². The molecule has 0 aliphatic heterocycles. The molecule has 0 saturated heterocycles. The third-order valence-corrected chi connectivity index (χ3v) is 3.90. The van der Waals surface area contributed by atoms with Crippen molar-refractivity contribution in [3.63, 3.8) is 0 Å². The van der Waals surface area contributed by atoms with E-state index in [0.717, 1.165) is 35.6 Å². The van der Waals surface area contributed by atoms with Crippen LogP contribution in [-0.4, -0.2) is 23.1 Å². The molecular formula is C12H15BrN4S. The number of hydrogen-bond acceptors (Lipinski definition) is 5. The average molecular weight is 327 g/mol. The summed E-state index contributed by atoms with van der Waals surface area (Å²) in [5.74, 6) is 1.65. The molecule has 4 nitrogen and oxygen atoms in total. The summed E-state index contributed by atoms with van der Waals surface area (Å²) >= 11 is 5.24. The minimum absolute atomic E-state index is 0.825. The van der Waals surface area contributed by atoms with Gasteiger partial charge >= 0.3 is 0 Å². The van der Waals surface area contributed by atoms with Crippen LogP contribution in [0.3, 0.4) is 0 Å². The highest BCUT2D eigenvalue weighted by molar-refractivity contribution is 9.10. The molecule has 2 aromatic rings. The highest BCUT2D eigenvalue weighted by Crippen LogP contribution is 2.26. The van der Waals surface area contributed by atoms with Gasteiger partial charge in [0.1, 0.15) is 22.4 Å². The second kappa shape index (κ2) is 6.70. The zero-order valence-corrected chi connectivity index (χ0v) is 12.5. The van der Waals surface area contributed by atoms with Crippen LogP contribution in [-0.2, 0) is 6.42 Å². The normalized spacial score (nSPS) is 10.3. The van der Waals surface area contributed by atoms with Crippen molar-refractivity contribution in [3.05, 3.63) is 33.2 Å². The molecule has 0 aliphatic rings. The van der Waals surface area contributed by atoms with Crippen molar-refractivity contribution in [2.24, 2.45) is 0 Å². The first-order valence-electron chi connectivity index (χ1n) is 5.80. The van der Waals surface area contributed by atoms with Crippen molar-refractivity contribution in [1.82, 2.24) is 9.97 Å². The fourth-order valence-corrected chi connectivity index (χ4v) is 2.73. The van der Waals surface area contributed by atoms with Gasteiger partial charge in [0.25, 0.3) is 0 Å². The van der Waals surface area contributed by atoms with E-state index >= 15 is 0 Å². The molecule has 96 valence electrons. The molecule has 0 amide bonds. The second-order valence-electron chi connectivity index (χ2n) is 3.72. The Balaban J connectivity index is 1.94. The third-order valence-electron chi connectivity index (χ3n) is 2.42. The maximum absolute atomic E-state index is 4.23. The third kappa shape index (κ3) is 3.43. The van der Waals surface area contributed by atoms with Gasteiger partial charge in [-0.05, 0) is 51.7 Å². The zero-order chi connectivity index (χ0) is 12.8. The largest absolute Gasteiger partial charge is 0.369 e. The van der Waals surface area contributed by atoms with Crippen LogP contribution < -0.4 is 10.6 Å². The van der Waals surface area contributed by atoms with Crippen LogP contribution in [0, 0.1) is 0 Å². The molecular weight excluding hydrogens is 312 g/mol. The summed E-state index contributed by atoms with van der Waals surface area (Å²) < 4.78 is 0.886. The van der Waals surface area contributed by atoms with Gasteiger partial charge in [-0.1, -0.05) is 0 Å². The summed E-state index contributed by atoms with van der Waals surface area (Å²) in [6.45, 7) is 3.74. The van der Waals surface area contributed by atoms with Crippen LogP contribution in [0.2, 0.25) is 0 Å². The van der Waals surface area contributed by atoms with E-state index < -0.39 is 0 Å². The predicted octanol–water partition coefficient (Wildman–Crippen LogP) is 3.39. The predicted molar refractivity (Wildman–Crippen MR) is 80.4 cm³/mol. The van der Waals surface area contributed by atoms with Crippen molar-refractivity contribution < 1.29 is 0 Å². The average Bonchev–Trinajstić information content (AvgIpc) is 2.87. The highest BCUT2D eigenvalue weighted by Gasteiger charge is 2.07. The van der Waals surface area contributed by atoms with Crippen LogP contribution in [0.1, 0.15) is 12.5 Å². The lowest BCUT2D eigenvalue weighted by Crippen LogP contribution is -2.09. The fourth-order valence-electron chi connectivity index (χ4n) is 1.54. The maximum Gasteiger partial charge on any atom is 0.145 e. The molecule has 0 aliphatic carbocycles. The Labute approximate surface area is 119 Å². The van der Waals surface area contributed by atoms with E-state index in [1.807, 2.05) is 6.92 Å². The number of nitrogens with one attached hydrogen (secondary N) is 2. The summed E-state index contributed by atoms with van der Waals surface area (Å²) in [4.78, 5) is 8.41. The number of anilines is 2. The van der Waals surface area contributed by atoms with Gasteiger partial charge < -0.3 is 10.6 Å². The molecule has 0 spiro atoms. The summed E-state index contributed by atoms with van der Waals surface area (Å²) in [5, 5.41) is 10.8. The van der Waals surface area contributed by atoms with Gasteiger partial charge in [0.05, 0.1) is 0 Å². The van der Waals surface area contributed by atoms with Crippen LogP contribution in [0.15, 0.2) is 27.6 Å². The molecule has 2 heterocycles. The summed E-state index contributed by atoms with van der Waals surface area (Å²) in [5.41, 5.74) is 1.35. The first kappa shape index (κ1) is 13.3. The Hall–Kier alpha value is -1.14. The van der Waals surface area contributed by atoms with E-state index in [4.69, 9.17) is 0 Å². The molecule has 6 heteroatoms. The number of rotatable bonds is 6. The van der Waals surface area contributed by atoms with Gasteiger partial charge in [0.2, 0.25) is 0 Å². The quantitative estimate of drug-likeness (QED) is 0.854. The standard InChI is InChI=1S/C12H15BrN4S/c1-2-14-11-10(13)12(17-8-16-11)15-5-3-9-4-6-18-7-9/h4,6-8H,2-3,5H2,1H3,(H2,14,15,16,17). The van der Waals surface area contributed by atoms with Crippen molar-refractivity contribution in [2.75, 3.05) is 23.7 Å². The number of nitrogens with zero attached hydrogens (tertiary/aromatic N) is 2. The van der Waals surface area contributed by atoms with Crippen LogP contribution in [0.25, 0.3) is 0 Å². The number of thiophene rings is 1. The molecule has 0 unspecified atom stereocenters. The van der Waals surface area contributed by atoms with Crippen LogP contribution in [0.4, 0.5) is 11.6 Å². The van der Waals surface area contributed by atoms with Crippen LogP contribution >= 0.6 is 27.3 Å². The fraction of sp³-hybridized carbons (Fsp3) is 0.333. The molecule has 0 bridgehead atoms. The van der Waals surface area contributed by atoms with E-state index in [1.165, 1.54) is 5.56 Å². The van der Waals surface area contributed by atoms with Gasteiger partial charge in [0, 0.05) is 13.1 Å². The van der Waals surface area contributed by atoms with Gasteiger partial charge in [-0.2, -0.15) is 11.3 Å². The lowest BCUT2D eigenvalue weighted by Gasteiger charge is -2.10. The van der Waals surface area contributed by atoms with Gasteiger partial charge in [-0.15, -0.1) is 0 Å². The lowest BCUT2D eigenvalue weighted by atomic mass is 10.2. The molecule has 0 fully saturated rings. The van der Waals surface area contributed by atoms with Crippen molar-refractivity contribution in [3.8, 4) is 0 Å². The van der Waals surface area contributed by atoms with Crippen molar-refractivity contribution >= 4 is 38.9 Å². The Morgan fingerprint density at radius 3 is 2.72 bits per heavy atom. The van der Waals surface area contributed by atoms with E-state index in [0.29, 0.717) is 0 Å². The second-order valence-corrected chi connectivity index (χ2v) is 5.30. The minimum atomic E-state index is 0.825. The summed E-state index contributed by atoms with van der Waals surface area (Å²) in [6, 6.07) is 2.14. The van der Waals surface area contributed by atoms with E-state index in [9.17, 15) is 0 Å². The molecule has 18 heavy (non-hydrogen) atoms.